The van der Waals surface area contributed by atoms with Crippen molar-refractivity contribution in [1.29, 1.82) is 0 Å². The number of carbonyl (C=O) groups is 1. The number of halogens is 3. The highest BCUT2D eigenvalue weighted by Gasteiger charge is 2.17. The van der Waals surface area contributed by atoms with Gasteiger partial charge in [0.2, 0.25) is 5.91 Å². The van der Waals surface area contributed by atoms with Crippen LogP contribution in [-0.2, 0) is 4.79 Å². The summed E-state index contributed by atoms with van der Waals surface area (Å²) in [5, 5.41) is 0. The van der Waals surface area contributed by atoms with E-state index in [1.54, 1.807) is 14.0 Å². The van der Waals surface area contributed by atoms with Crippen molar-refractivity contribution in [2.45, 2.75) is 13.0 Å². The SMILES string of the molecule is CC(c1ccc(F)c(F)c1)N(C)C(=O)CN.Cl. The van der Waals surface area contributed by atoms with E-state index in [1.165, 1.54) is 11.0 Å². The summed E-state index contributed by atoms with van der Waals surface area (Å²) in [5.74, 6) is -2.07. The van der Waals surface area contributed by atoms with Gasteiger partial charge in [0.05, 0.1) is 12.6 Å². The number of likely N-dealkylation sites (N-methyl/N-ethyl adjacent to an activating group) is 1. The van der Waals surface area contributed by atoms with E-state index in [0.29, 0.717) is 5.56 Å². The highest BCUT2D eigenvalue weighted by molar-refractivity contribution is 5.85. The number of amides is 1. The van der Waals surface area contributed by atoms with E-state index in [0.717, 1.165) is 12.1 Å². The fraction of sp³-hybridized carbons (Fsp3) is 0.364. The second-order valence-electron chi connectivity index (χ2n) is 3.56. The average molecular weight is 265 g/mol. The fourth-order valence-electron chi connectivity index (χ4n) is 1.36. The van der Waals surface area contributed by atoms with Crippen LogP contribution in [0.1, 0.15) is 18.5 Å². The zero-order valence-electron chi connectivity index (χ0n) is 9.61. The van der Waals surface area contributed by atoms with Gasteiger partial charge < -0.3 is 10.6 Å². The maximum absolute atomic E-state index is 13.0. The lowest BCUT2D eigenvalue weighted by Gasteiger charge is -2.24. The Morgan fingerprint density at radius 1 is 1.41 bits per heavy atom. The van der Waals surface area contributed by atoms with Gasteiger partial charge in [-0.2, -0.15) is 0 Å². The molecule has 1 rings (SSSR count). The van der Waals surface area contributed by atoms with Crippen LogP contribution in [0, 0.1) is 11.6 Å². The molecule has 0 spiro atoms. The maximum atomic E-state index is 13.0. The Balaban J connectivity index is 0.00000256. The minimum Gasteiger partial charge on any atom is -0.338 e. The fourth-order valence-corrected chi connectivity index (χ4v) is 1.36. The van der Waals surface area contributed by atoms with Crippen molar-refractivity contribution in [2.75, 3.05) is 13.6 Å². The summed E-state index contributed by atoms with van der Waals surface area (Å²) in [7, 11) is 1.57. The molecular weight excluding hydrogens is 250 g/mol. The van der Waals surface area contributed by atoms with E-state index < -0.39 is 11.6 Å². The third-order valence-electron chi connectivity index (χ3n) is 2.58. The molecule has 0 bridgehead atoms. The Kier molecular flexibility index (Phi) is 6.05. The summed E-state index contributed by atoms with van der Waals surface area (Å²) in [6, 6.07) is 3.23. The highest BCUT2D eigenvalue weighted by Crippen LogP contribution is 2.20. The van der Waals surface area contributed by atoms with Crippen LogP contribution < -0.4 is 5.73 Å². The summed E-state index contributed by atoms with van der Waals surface area (Å²) in [4.78, 5) is 12.7. The largest absolute Gasteiger partial charge is 0.338 e. The molecule has 1 atom stereocenters. The third kappa shape index (κ3) is 3.64. The normalized spacial score (nSPS) is 11.6. The second kappa shape index (κ2) is 6.51. The molecule has 0 saturated carbocycles. The lowest BCUT2D eigenvalue weighted by molar-refractivity contribution is -0.130. The monoisotopic (exact) mass is 264 g/mol. The van der Waals surface area contributed by atoms with Crippen LogP contribution in [0.5, 0.6) is 0 Å². The van der Waals surface area contributed by atoms with Gasteiger partial charge in [-0.15, -0.1) is 12.4 Å². The van der Waals surface area contributed by atoms with Crippen molar-refractivity contribution in [3.63, 3.8) is 0 Å². The van der Waals surface area contributed by atoms with E-state index >= 15 is 0 Å². The molecule has 17 heavy (non-hydrogen) atoms. The number of nitrogens with zero attached hydrogens (tertiary/aromatic N) is 1. The molecule has 0 radical (unpaired) electrons. The summed E-state index contributed by atoms with van der Waals surface area (Å²) in [5.41, 5.74) is 5.75. The molecule has 1 amide bonds. The molecule has 0 fully saturated rings. The smallest absolute Gasteiger partial charge is 0.236 e. The zero-order chi connectivity index (χ0) is 12.3. The summed E-state index contributed by atoms with van der Waals surface area (Å²) in [6.45, 7) is 1.62. The third-order valence-corrected chi connectivity index (χ3v) is 2.58. The molecule has 0 aliphatic rings. The standard InChI is InChI=1S/C11H14F2N2O.ClH/c1-7(15(2)11(16)6-14)8-3-4-9(12)10(13)5-8;/h3-5,7H,6,14H2,1-2H3;1H. The van der Waals surface area contributed by atoms with Crippen LogP contribution in [0.25, 0.3) is 0 Å². The number of nitrogens with two attached hydrogens (primary N) is 1. The summed E-state index contributed by atoms with van der Waals surface area (Å²) >= 11 is 0. The Morgan fingerprint density at radius 2 is 2.00 bits per heavy atom. The molecule has 0 saturated heterocycles. The Morgan fingerprint density at radius 3 is 2.47 bits per heavy atom. The van der Waals surface area contributed by atoms with E-state index in [2.05, 4.69) is 0 Å². The topological polar surface area (TPSA) is 46.3 Å². The van der Waals surface area contributed by atoms with Crippen molar-refractivity contribution in [2.24, 2.45) is 5.73 Å². The first-order valence-electron chi connectivity index (χ1n) is 4.88. The number of benzene rings is 1. The lowest BCUT2D eigenvalue weighted by Crippen LogP contribution is -2.34. The average Bonchev–Trinajstić information content (AvgIpc) is 2.29. The zero-order valence-corrected chi connectivity index (χ0v) is 10.4. The number of hydrogen-bond donors (Lipinski definition) is 1. The van der Waals surface area contributed by atoms with Gasteiger partial charge in [0.15, 0.2) is 11.6 Å². The Labute approximate surface area is 105 Å². The van der Waals surface area contributed by atoms with Crippen LogP contribution in [-0.4, -0.2) is 24.4 Å². The van der Waals surface area contributed by atoms with E-state index in [-0.39, 0.29) is 30.9 Å². The molecule has 1 unspecified atom stereocenters. The van der Waals surface area contributed by atoms with Crippen LogP contribution in [0.2, 0.25) is 0 Å². The van der Waals surface area contributed by atoms with Crippen molar-refractivity contribution in [3.8, 4) is 0 Å². The van der Waals surface area contributed by atoms with Gasteiger partial charge in [-0.25, -0.2) is 8.78 Å². The van der Waals surface area contributed by atoms with Gasteiger partial charge in [-0.1, -0.05) is 6.07 Å². The van der Waals surface area contributed by atoms with E-state index in [9.17, 15) is 13.6 Å². The van der Waals surface area contributed by atoms with Gasteiger partial charge in [0.1, 0.15) is 0 Å². The first-order chi connectivity index (χ1) is 7.47. The molecular formula is C11H15ClF2N2O. The molecule has 1 aromatic carbocycles. The number of hydrogen-bond acceptors (Lipinski definition) is 2. The van der Waals surface area contributed by atoms with Crippen molar-refractivity contribution < 1.29 is 13.6 Å². The molecule has 96 valence electrons. The Bertz CT molecular complexity index is 401. The van der Waals surface area contributed by atoms with Crippen LogP contribution >= 0.6 is 12.4 Å². The van der Waals surface area contributed by atoms with Gasteiger partial charge in [0, 0.05) is 7.05 Å². The molecule has 6 heteroatoms. The first-order valence-corrected chi connectivity index (χ1v) is 4.88. The molecule has 0 aromatic heterocycles. The summed E-state index contributed by atoms with van der Waals surface area (Å²) in [6.07, 6.45) is 0. The van der Waals surface area contributed by atoms with Crippen molar-refractivity contribution in [1.82, 2.24) is 4.90 Å². The Hall–Kier alpha value is -1.20. The quantitative estimate of drug-likeness (QED) is 0.906. The summed E-state index contributed by atoms with van der Waals surface area (Å²) < 4.78 is 25.7. The molecule has 1 aromatic rings. The van der Waals surface area contributed by atoms with Crippen molar-refractivity contribution >= 4 is 18.3 Å². The number of carbonyl (C=O) groups excluding carboxylic acids is 1. The molecule has 0 heterocycles. The predicted octanol–water partition coefficient (Wildman–Crippen LogP) is 1.86. The van der Waals surface area contributed by atoms with Crippen LogP contribution in [0.4, 0.5) is 8.78 Å². The van der Waals surface area contributed by atoms with Crippen LogP contribution in [0.15, 0.2) is 18.2 Å². The minimum atomic E-state index is -0.919. The van der Waals surface area contributed by atoms with Gasteiger partial charge in [-0.05, 0) is 24.6 Å². The van der Waals surface area contributed by atoms with Gasteiger partial charge in [0.25, 0.3) is 0 Å². The lowest BCUT2D eigenvalue weighted by atomic mass is 10.1. The highest BCUT2D eigenvalue weighted by atomic mass is 35.5. The second-order valence-corrected chi connectivity index (χ2v) is 3.56. The van der Waals surface area contributed by atoms with E-state index in [4.69, 9.17) is 5.73 Å². The van der Waals surface area contributed by atoms with Gasteiger partial charge >= 0.3 is 0 Å². The predicted molar refractivity (Wildman–Crippen MR) is 63.8 cm³/mol. The van der Waals surface area contributed by atoms with Crippen LogP contribution in [0.3, 0.4) is 0 Å². The van der Waals surface area contributed by atoms with Gasteiger partial charge in [-0.3, -0.25) is 4.79 Å². The molecule has 2 N–H and O–H groups in total. The van der Waals surface area contributed by atoms with E-state index in [1.807, 2.05) is 0 Å². The maximum Gasteiger partial charge on any atom is 0.236 e. The first kappa shape index (κ1) is 15.8. The minimum absolute atomic E-state index is 0. The molecule has 0 aliphatic carbocycles. The molecule has 0 aliphatic heterocycles. The number of rotatable bonds is 3. The molecule has 3 nitrogen and oxygen atoms in total. The van der Waals surface area contributed by atoms with Crippen molar-refractivity contribution in [3.05, 3.63) is 35.4 Å².